The molecular weight excluding hydrogens is 179 g/mol. The predicted octanol–water partition coefficient (Wildman–Crippen LogP) is 3.38. The minimum atomic E-state index is -0.800. The Balaban J connectivity index is 2.82. The quantitative estimate of drug-likeness (QED) is 0.644. The van der Waals surface area contributed by atoms with Crippen LogP contribution in [0.2, 0.25) is 0 Å². The lowest BCUT2D eigenvalue weighted by atomic mass is 10.2. The average Bonchev–Trinajstić information content (AvgIpc) is 2.09. The van der Waals surface area contributed by atoms with Crippen molar-refractivity contribution in [3.63, 3.8) is 0 Å². The fourth-order valence-corrected chi connectivity index (χ4v) is 0.843. The largest absolute Gasteiger partial charge is 0.431 e. The molecule has 0 amide bonds. The molecule has 0 saturated heterocycles. The van der Waals surface area contributed by atoms with Crippen molar-refractivity contribution in [2.75, 3.05) is 0 Å². The van der Waals surface area contributed by atoms with E-state index in [0.29, 0.717) is 5.75 Å². The molecule has 12 heavy (non-hydrogen) atoms. The molecule has 0 saturated carbocycles. The van der Waals surface area contributed by atoms with E-state index >= 15 is 0 Å². The lowest BCUT2D eigenvalue weighted by Crippen LogP contribution is -1.90. The number of benzene rings is 1. The highest BCUT2D eigenvalue weighted by molar-refractivity contribution is 6.25. The van der Waals surface area contributed by atoms with E-state index in [0.717, 1.165) is 11.1 Å². The van der Waals surface area contributed by atoms with Crippen molar-refractivity contribution in [3.8, 4) is 5.75 Å². The second-order valence-corrected chi connectivity index (χ2v) is 2.50. The monoisotopic (exact) mass is 186 g/mol. The number of rotatable bonds is 2. The third kappa shape index (κ3) is 2.24. The molecule has 0 radical (unpaired) electrons. The van der Waals surface area contributed by atoms with Crippen LogP contribution in [-0.4, -0.2) is 0 Å². The minimum absolute atomic E-state index is 0.479. The van der Waals surface area contributed by atoms with Gasteiger partial charge in [0.1, 0.15) is 5.75 Å². The third-order valence-corrected chi connectivity index (χ3v) is 1.56. The molecule has 3 heteroatoms. The Labute approximate surface area is 75.4 Å². The molecule has 0 unspecified atom stereocenters. The molecule has 0 bridgehead atoms. The molecule has 0 fully saturated rings. The molecule has 1 aromatic rings. The predicted molar refractivity (Wildman–Crippen MR) is 46.9 cm³/mol. The van der Waals surface area contributed by atoms with E-state index in [1.165, 1.54) is 0 Å². The Morgan fingerprint density at radius 3 is 2.75 bits per heavy atom. The fraction of sp³-hybridized carbons (Fsp3) is 0.111. The summed E-state index contributed by atoms with van der Waals surface area (Å²) in [5.41, 5.74) is 1.62. The van der Waals surface area contributed by atoms with Crippen molar-refractivity contribution in [2.24, 2.45) is 0 Å². The first-order chi connectivity index (χ1) is 5.74. The van der Waals surface area contributed by atoms with Gasteiger partial charge in [-0.2, -0.15) is 4.39 Å². The van der Waals surface area contributed by atoms with Crippen LogP contribution < -0.4 is 4.74 Å². The average molecular weight is 187 g/mol. The Hall–Kier alpha value is -1.02. The summed E-state index contributed by atoms with van der Waals surface area (Å²) in [5, 5.41) is 0. The van der Waals surface area contributed by atoms with Crippen molar-refractivity contribution in [1.82, 2.24) is 0 Å². The van der Waals surface area contributed by atoms with Gasteiger partial charge in [-0.15, -0.1) is 0 Å². The van der Waals surface area contributed by atoms with Crippen LogP contribution in [0.1, 0.15) is 5.56 Å². The van der Waals surface area contributed by atoms with Gasteiger partial charge >= 0.3 is 0 Å². The molecule has 1 nitrogen and oxygen atoms in total. The van der Waals surface area contributed by atoms with Crippen molar-refractivity contribution in [3.05, 3.63) is 41.4 Å². The van der Waals surface area contributed by atoms with E-state index in [9.17, 15) is 4.39 Å². The maximum atomic E-state index is 12.5. The van der Waals surface area contributed by atoms with E-state index < -0.39 is 6.01 Å². The van der Waals surface area contributed by atoms with Gasteiger partial charge in [0.05, 0.1) is 5.54 Å². The number of ether oxygens (including phenoxy) is 1. The summed E-state index contributed by atoms with van der Waals surface area (Å²) in [6, 6.07) is 6.33. The van der Waals surface area contributed by atoms with Gasteiger partial charge in [0.2, 0.25) is 0 Å². The van der Waals surface area contributed by atoms with Gasteiger partial charge in [-0.05, 0) is 18.6 Å². The standard InChI is InChI=1S/C9H8ClFO/c1-7-4-2-3-5-8(7)12-9(11)6-10/h2-6H,1H3. The van der Waals surface area contributed by atoms with Crippen molar-refractivity contribution < 1.29 is 9.13 Å². The third-order valence-electron chi connectivity index (χ3n) is 1.39. The molecular formula is C9H8ClFO. The van der Waals surface area contributed by atoms with Crippen LogP contribution in [0.3, 0.4) is 0 Å². The van der Waals surface area contributed by atoms with Crippen LogP contribution in [0.4, 0.5) is 4.39 Å². The molecule has 0 N–H and O–H groups in total. The molecule has 1 rings (SSSR count). The van der Waals surface area contributed by atoms with Crippen LogP contribution in [-0.2, 0) is 0 Å². The summed E-state index contributed by atoms with van der Waals surface area (Å²) in [5.74, 6) is 0.479. The summed E-state index contributed by atoms with van der Waals surface area (Å²) >= 11 is 5.09. The van der Waals surface area contributed by atoms with Crippen molar-refractivity contribution >= 4 is 11.6 Å². The topological polar surface area (TPSA) is 9.23 Å². The zero-order valence-corrected chi connectivity index (χ0v) is 7.31. The van der Waals surface area contributed by atoms with Gasteiger partial charge in [-0.3, -0.25) is 0 Å². The Bertz CT molecular complexity index is 296. The maximum absolute atomic E-state index is 12.5. The first kappa shape index (κ1) is 9.07. The lowest BCUT2D eigenvalue weighted by molar-refractivity contribution is 0.302. The zero-order chi connectivity index (χ0) is 8.97. The molecule has 0 aromatic heterocycles. The van der Waals surface area contributed by atoms with Crippen LogP contribution in [0.5, 0.6) is 5.75 Å². The van der Waals surface area contributed by atoms with Gasteiger partial charge < -0.3 is 4.74 Å². The first-order valence-electron chi connectivity index (χ1n) is 3.43. The van der Waals surface area contributed by atoms with E-state index in [2.05, 4.69) is 0 Å². The fourth-order valence-electron chi connectivity index (χ4n) is 0.798. The first-order valence-corrected chi connectivity index (χ1v) is 3.87. The number of hydrogen-bond acceptors (Lipinski definition) is 1. The Kier molecular flexibility index (Phi) is 3.11. The normalized spacial score (nSPS) is 11.4. The Morgan fingerprint density at radius 2 is 2.17 bits per heavy atom. The van der Waals surface area contributed by atoms with Gasteiger partial charge in [0.25, 0.3) is 6.01 Å². The van der Waals surface area contributed by atoms with Crippen molar-refractivity contribution in [2.45, 2.75) is 6.92 Å². The summed E-state index contributed by atoms with van der Waals surface area (Å²) in [6.07, 6.45) is 0. The van der Waals surface area contributed by atoms with Gasteiger partial charge in [-0.1, -0.05) is 29.8 Å². The molecule has 0 heterocycles. The molecule has 0 aliphatic rings. The zero-order valence-electron chi connectivity index (χ0n) is 6.55. The van der Waals surface area contributed by atoms with Gasteiger partial charge in [0.15, 0.2) is 0 Å². The number of para-hydroxylation sites is 1. The lowest BCUT2D eigenvalue weighted by Gasteiger charge is -2.04. The highest BCUT2D eigenvalue weighted by Crippen LogP contribution is 2.19. The van der Waals surface area contributed by atoms with Crippen LogP contribution >= 0.6 is 11.6 Å². The highest BCUT2D eigenvalue weighted by Gasteiger charge is 2.00. The number of hydrogen-bond donors (Lipinski definition) is 0. The van der Waals surface area contributed by atoms with Crippen LogP contribution in [0, 0.1) is 6.92 Å². The molecule has 1 aromatic carbocycles. The van der Waals surface area contributed by atoms with E-state index in [4.69, 9.17) is 16.3 Å². The van der Waals surface area contributed by atoms with Crippen LogP contribution in [0.25, 0.3) is 0 Å². The van der Waals surface area contributed by atoms with E-state index in [-0.39, 0.29) is 0 Å². The summed E-state index contributed by atoms with van der Waals surface area (Å²) in [7, 11) is 0. The van der Waals surface area contributed by atoms with E-state index in [1.807, 2.05) is 19.1 Å². The summed E-state index contributed by atoms with van der Waals surface area (Å²) < 4.78 is 17.3. The van der Waals surface area contributed by atoms with E-state index in [1.54, 1.807) is 12.1 Å². The SMILES string of the molecule is Cc1ccccc1OC(F)=CCl. The molecule has 64 valence electrons. The second-order valence-electron chi connectivity index (χ2n) is 2.28. The number of halogens is 2. The van der Waals surface area contributed by atoms with Gasteiger partial charge in [0, 0.05) is 0 Å². The van der Waals surface area contributed by atoms with Crippen LogP contribution in [0.15, 0.2) is 35.8 Å². The van der Waals surface area contributed by atoms with Gasteiger partial charge in [-0.25, -0.2) is 0 Å². The maximum Gasteiger partial charge on any atom is 0.289 e. The van der Waals surface area contributed by atoms with Crippen molar-refractivity contribution in [1.29, 1.82) is 0 Å². The molecule has 0 spiro atoms. The second kappa shape index (κ2) is 4.12. The molecule has 0 aliphatic carbocycles. The Morgan fingerprint density at radius 1 is 1.50 bits per heavy atom. The highest BCUT2D eigenvalue weighted by atomic mass is 35.5. The summed E-state index contributed by atoms with van der Waals surface area (Å²) in [4.78, 5) is 0. The molecule has 0 atom stereocenters. The minimum Gasteiger partial charge on any atom is -0.431 e. The number of aryl methyl sites for hydroxylation is 1. The smallest absolute Gasteiger partial charge is 0.289 e. The molecule has 0 aliphatic heterocycles. The summed E-state index contributed by atoms with van der Waals surface area (Å²) in [6.45, 7) is 1.83.